The van der Waals surface area contributed by atoms with Crippen LogP contribution in [0.25, 0.3) is 0 Å². The summed E-state index contributed by atoms with van der Waals surface area (Å²) >= 11 is 0. The number of carbonyl (C=O) groups excluding carboxylic acids is 1. The predicted octanol–water partition coefficient (Wildman–Crippen LogP) is 3.46. The molecule has 0 fully saturated rings. The summed E-state index contributed by atoms with van der Waals surface area (Å²) in [7, 11) is 3.30. The lowest BCUT2D eigenvalue weighted by Crippen LogP contribution is -2.34. The van der Waals surface area contributed by atoms with Gasteiger partial charge in [-0.25, -0.2) is 0 Å². The molecule has 2 aromatic carbocycles. The Labute approximate surface area is 150 Å². The van der Waals surface area contributed by atoms with Crippen molar-refractivity contribution in [2.45, 2.75) is 19.3 Å². The quantitative estimate of drug-likeness (QED) is 0.816. The molecule has 2 aromatic rings. The van der Waals surface area contributed by atoms with Crippen molar-refractivity contribution in [2.24, 2.45) is 0 Å². The van der Waals surface area contributed by atoms with Gasteiger partial charge in [-0.2, -0.15) is 13.2 Å². The number of nitrogens with one attached hydrogen (secondary N) is 1. The first kappa shape index (κ1) is 19.8. The van der Waals surface area contributed by atoms with E-state index in [1.165, 1.54) is 12.1 Å². The summed E-state index contributed by atoms with van der Waals surface area (Å²) < 4.78 is 42.9. The minimum atomic E-state index is -4.34. The Morgan fingerprint density at radius 3 is 2.38 bits per heavy atom. The van der Waals surface area contributed by atoms with Crippen molar-refractivity contribution in [1.29, 1.82) is 0 Å². The summed E-state index contributed by atoms with van der Waals surface area (Å²) in [4.78, 5) is 13.8. The van der Waals surface area contributed by atoms with E-state index in [2.05, 4.69) is 5.32 Å². The van der Waals surface area contributed by atoms with Gasteiger partial charge in [0.25, 0.3) is 0 Å². The van der Waals surface area contributed by atoms with Gasteiger partial charge in [-0.1, -0.05) is 30.3 Å². The van der Waals surface area contributed by atoms with E-state index in [9.17, 15) is 18.0 Å². The van der Waals surface area contributed by atoms with E-state index in [0.29, 0.717) is 24.4 Å². The molecule has 0 saturated heterocycles. The highest BCUT2D eigenvalue weighted by Gasteiger charge is 2.29. The molecule has 0 aliphatic rings. The zero-order chi connectivity index (χ0) is 19.2. The van der Waals surface area contributed by atoms with Crippen LogP contribution in [0.5, 0.6) is 5.75 Å². The molecule has 0 aliphatic carbocycles. The van der Waals surface area contributed by atoms with Gasteiger partial charge in [0.05, 0.1) is 19.2 Å². The van der Waals surface area contributed by atoms with Crippen LogP contribution in [-0.2, 0) is 24.1 Å². The normalized spacial score (nSPS) is 11.5. The molecule has 7 heteroatoms. The van der Waals surface area contributed by atoms with Crippen molar-refractivity contribution in [2.75, 3.05) is 20.7 Å². The molecule has 1 N–H and O–H groups in total. The number of amides is 1. The molecule has 0 unspecified atom stereocenters. The Bertz CT molecular complexity index is 730. The lowest BCUT2D eigenvalue weighted by molar-refractivity contribution is -0.137. The number of hydrogen-bond donors (Lipinski definition) is 1. The molecule has 0 atom stereocenters. The summed E-state index contributed by atoms with van der Waals surface area (Å²) in [5.74, 6) is 0.524. The van der Waals surface area contributed by atoms with Gasteiger partial charge in [-0.3, -0.25) is 9.69 Å². The number of para-hydroxylation sites is 1. The van der Waals surface area contributed by atoms with E-state index in [1.807, 2.05) is 24.3 Å². The van der Waals surface area contributed by atoms with E-state index in [0.717, 1.165) is 17.7 Å². The van der Waals surface area contributed by atoms with Crippen LogP contribution in [0.3, 0.4) is 0 Å². The number of likely N-dealkylation sites (N-methyl/N-ethyl adjacent to an activating group) is 1. The Morgan fingerprint density at radius 2 is 1.77 bits per heavy atom. The van der Waals surface area contributed by atoms with Crippen molar-refractivity contribution >= 4 is 5.91 Å². The number of carbonyl (C=O) groups is 1. The predicted molar refractivity (Wildman–Crippen MR) is 92.6 cm³/mol. The maximum Gasteiger partial charge on any atom is 0.416 e. The highest BCUT2D eigenvalue weighted by molar-refractivity contribution is 5.78. The maximum absolute atomic E-state index is 12.6. The van der Waals surface area contributed by atoms with Crippen LogP contribution in [-0.4, -0.2) is 31.5 Å². The van der Waals surface area contributed by atoms with E-state index in [-0.39, 0.29) is 12.5 Å². The molecule has 140 valence electrons. The number of benzene rings is 2. The largest absolute Gasteiger partial charge is 0.496 e. The average molecular weight is 366 g/mol. The fourth-order valence-electron chi connectivity index (χ4n) is 2.51. The van der Waals surface area contributed by atoms with Crippen molar-refractivity contribution in [3.8, 4) is 5.75 Å². The van der Waals surface area contributed by atoms with Crippen LogP contribution < -0.4 is 10.1 Å². The van der Waals surface area contributed by atoms with E-state index < -0.39 is 11.7 Å². The second kappa shape index (κ2) is 8.71. The molecular formula is C19H21F3N2O2. The smallest absolute Gasteiger partial charge is 0.416 e. The number of nitrogens with zero attached hydrogens (tertiary/aromatic N) is 1. The second-order valence-electron chi connectivity index (χ2n) is 5.96. The third-order valence-corrected chi connectivity index (χ3v) is 3.82. The van der Waals surface area contributed by atoms with Crippen molar-refractivity contribution < 1.29 is 22.7 Å². The fraction of sp³-hybridized carbons (Fsp3) is 0.316. The van der Waals surface area contributed by atoms with Gasteiger partial charge < -0.3 is 10.1 Å². The standard InChI is InChI=1S/C19H21F3N2O2/c1-24(12-14-7-9-16(10-8-14)19(20,21)22)13-18(25)23-11-15-5-3-4-6-17(15)26-2/h3-10H,11-13H2,1-2H3,(H,23,25). The van der Waals surface area contributed by atoms with Gasteiger partial charge in [0.1, 0.15) is 5.75 Å². The molecule has 0 bridgehead atoms. The molecule has 0 saturated carbocycles. The molecule has 26 heavy (non-hydrogen) atoms. The third-order valence-electron chi connectivity index (χ3n) is 3.82. The monoisotopic (exact) mass is 366 g/mol. The third kappa shape index (κ3) is 5.77. The van der Waals surface area contributed by atoms with Crippen LogP contribution in [0.2, 0.25) is 0 Å². The Hall–Kier alpha value is -2.54. The lowest BCUT2D eigenvalue weighted by Gasteiger charge is -2.17. The second-order valence-corrected chi connectivity index (χ2v) is 5.96. The first-order chi connectivity index (χ1) is 12.3. The molecule has 0 spiro atoms. The number of ether oxygens (including phenoxy) is 1. The molecule has 0 aromatic heterocycles. The van der Waals surface area contributed by atoms with E-state index >= 15 is 0 Å². The molecule has 1 amide bonds. The van der Waals surface area contributed by atoms with E-state index in [1.54, 1.807) is 19.1 Å². The van der Waals surface area contributed by atoms with Crippen LogP contribution in [0.1, 0.15) is 16.7 Å². The molecule has 4 nitrogen and oxygen atoms in total. The van der Waals surface area contributed by atoms with Crippen molar-refractivity contribution in [3.63, 3.8) is 0 Å². The SMILES string of the molecule is COc1ccccc1CNC(=O)CN(C)Cc1ccc(C(F)(F)F)cc1. The highest BCUT2D eigenvalue weighted by Crippen LogP contribution is 2.29. The van der Waals surface area contributed by atoms with Crippen LogP contribution in [0.4, 0.5) is 13.2 Å². The Kier molecular flexibility index (Phi) is 6.63. The number of methoxy groups -OCH3 is 1. The number of halogens is 3. The van der Waals surface area contributed by atoms with Gasteiger partial charge in [0.15, 0.2) is 0 Å². The Morgan fingerprint density at radius 1 is 1.12 bits per heavy atom. The van der Waals surface area contributed by atoms with Crippen molar-refractivity contribution in [1.82, 2.24) is 10.2 Å². The van der Waals surface area contributed by atoms with Crippen LogP contribution in [0, 0.1) is 0 Å². The fourth-order valence-corrected chi connectivity index (χ4v) is 2.51. The lowest BCUT2D eigenvalue weighted by atomic mass is 10.1. The number of alkyl halides is 3. The zero-order valence-electron chi connectivity index (χ0n) is 14.6. The first-order valence-electron chi connectivity index (χ1n) is 8.03. The Balaban J connectivity index is 1.83. The molecule has 0 radical (unpaired) electrons. The zero-order valence-corrected chi connectivity index (χ0v) is 14.6. The topological polar surface area (TPSA) is 41.6 Å². The van der Waals surface area contributed by atoms with Gasteiger partial charge in [0, 0.05) is 18.7 Å². The number of hydrogen-bond acceptors (Lipinski definition) is 3. The summed E-state index contributed by atoms with van der Waals surface area (Å²) in [6, 6.07) is 12.3. The summed E-state index contributed by atoms with van der Waals surface area (Å²) in [6.07, 6.45) is -4.34. The maximum atomic E-state index is 12.6. The number of rotatable bonds is 7. The summed E-state index contributed by atoms with van der Waals surface area (Å²) in [5.41, 5.74) is 0.894. The average Bonchev–Trinajstić information content (AvgIpc) is 2.59. The summed E-state index contributed by atoms with van der Waals surface area (Å²) in [5, 5.41) is 2.81. The first-order valence-corrected chi connectivity index (χ1v) is 8.03. The molecular weight excluding hydrogens is 345 g/mol. The van der Waals surface area contributed by atoms with Crippen molar-refractivity contribution in [3.05, 3.63) is 65.2 Å². The van der Waals surface area contributed by atoms with Gasteiger partial charge in [0.2, 0.25) is 5.91 Å². The minimum Gasteiger partial charge on any atom is -0.496 e. The van der Waals surface area contributed by atoms with Gasteiger partial charge in [-0.15, -0.1) is 0 Å². The minimum absolute atomic E-state index is 0.135. The van der Waals surface area contributed by atoms with Gasteiger partial charge in [-0.05, 0) is 30.8 Å². The highest BCUT2D eigenvalue weighted by atomic mass is 19.4. The van der Waals surface area contributed by atoms with Gasteiger partial charge >= 0.3 is 6.18 Å². The molecule has 2 rings (SSSR count). The van der Waals surface area contributed by atoms with E-state index in [4.69, 9.17) is 4.74 Å². The molecule has 0 aliphatic heterocycles. The summed E-state index contributed by atoms with van der Waals surface area (Å²) in [6.45, 7) is 0.855. The van der Waals surface area contributed by atoms with Crippen LogP contribution >= 0.6 is 0 Å². The molecule has 0 heterocycles. The van der Waals surface area contributed by atoms with Crippen LogP contribution in [0.15, 0.2) is 48.5 Å².